The van der Waals surface area contributed by atoms with Crippen molar-refractivity contribution in [1.82, 2.24) is 10.6 Å². The van der Waals surface area contributed by atoms with Gasteiger partial charge in [0.1, 0.15) is 6.04 Å². The topological polar surface area (TPSA) is 84.2 Å². The predicted molar refractivity (Wildman–Crippen MR) is 80.0 cm³/mol. The van der Waals surface area contributed by atoms with E-state index in [1.165, 1.54) is 0 Å². The number of primary amides is 1. The zero-order valence-corrected chi connectivity index (χ0v) is 12.8. The highest BCUT2D eigenvalue weighted by Gasteiger charge is 2.17. The molecule has 0 bridgehead atoms. The van der Waals surface area contributed by atoms with Gasteiger partial charge < -0.3 is 16.4 Å². The Hall–Kier alpha value is -1.46. The van der Waals surface area contributed by atoms with E-state index in [9.17, 15) is 9.59 Å². The summed E-state index contributed by atoms with van der Waals surface area (Å²) in [7, 11) is 0. The smallest absolute Gasteiger partial charge is 0.312 e. The summed E-state index contributed by atoms with van der Waals surface area (Å²) in [6.45, 7) is 3.40. The van der Waals surface area contributed by atoms with Gasteiger partial charge in [-0.1, -0.05) is 29.3 Å². The molecule has 5 nitrogen and oxygen atoms in total. The van der Waals surface area contributed by atoms with E-state index in [1.807, 2.05) is 13.0 Å². The second kappa shape index (κ2) is 7.36. The Morgan fingerprint density at radius 1 is 1.25 bits per heavy atom. The lowest BCUT2D eigenvalue weighted by atomic mass is 10.1. The summed E-state index contributed by atoms with van der Waals surface area (Å²) in [5.74, 6) is -0.304. The minimum absolute atomic E-state index is 0.140. The SMILES string of the molecule is C[C@H](Cc1ccc(Cl)cc1Cl)NC(=O)[C@@H](C)NC(N)=O. The van der Waals surface area contributed by atoms with Crippen molar-refractivity contribution in [3.63, 3.8) is 0 Å². The molecular formula is C13H17Cl2N3O2. The first kappa shape index (κ1) is 16.6. The van der Waals surface area contributed by atoms with E-state index >= 15 is 0 Å². The summed E-state index contributed by atoms with van der Waals surface area (Å²) < 4.78 is 0. The van der Waals surface area contributed by atoms with Crippen molar-refractivity contribution in [2.24, 2.45) is 5.73 Å². The monoisotopic (exact) mass is 317 g/mol. The van der Waals surface area contributed by atoms with Crippen LogP contribution in [0.3, 0.4) is 0 Å². The molecule has 20 heavy (non-hydrogen) atoms. The molecule has 0 aromatic heterocycles. The van der Waals surface area contributed by atoms with Gasteiger partial charge in [-0.15, -0.1) is 0 Å². The molecule has 0 heterocycles. The van der Waals surface area contributed by atoms with Crippen LogP contribution in [0, 0.1) is 0 Å². The number of carbonyl (C=O) groups is 2. The van der Waals surface area contributed by atoms with E-state index in [2.05, 4.69) is 10.6 Å². The number of amides is 3. The highest BCUT2D eigenvalue weighted by molar-refractivity contribution is 6.35. The number of urea groups is 1. The Morgan fingerprint density at radius 3 is 2.45 bits per heavy atom. The molecule has 0 aliphatic heterocycles. The molecule has 0 unspecified atom stereocenters. The van der Waals surface area contributed by atoms with Crippen LogP contribution in [-0.2, 0) is 11.2 Å². The molecule has 1 aromatic rings. The maximum atomic E-state index is 11.8. The lowest BCUT2D eigenvalue weighted by Gasteiger charge is -2.18. The number of halogens is 2. The highest BCUT2D eigenvalue weighted by atomic mass is 35.5. The fraction of sp³-hybridized carbons (Fsp3) is 0.385. The molecule has 2 atom stereocenters. The van der Waals surface area contributed by atoms with Crippen LogP contribution < -0.4 is 16.4 Å². The largest absolute Gasteiger partial charge is 0.352 e. The molecule has 1 rings (SSSR count). The Balaban J connectivity index is 2.56. The summed E-state index contributed by atoms with van der Waals surface area (Å²) in [5.41, 5.74) is 5.85. The molecule has 1 aromatic carbocycles. The van der Waals surface area contributed by atoms with Crippen LogP contribution in [0.15, 0.2) is 18.2 Å². The van der Waals surface area contributed by atoms with Crippen LogP contribution in [0.2, 0.25) is 10.0 Å². The number of rotatable bonds is 5. The third-order valence-corrected chi connectivity index (χ3v) is 3.27. The van der Waals surface area contributed by atoms with Gasteiger partial charge in [-0.25, -0.2) is 4.79 Å². The molecule has 4 N–H and O–H groups in total. The van der Waals surface area contributed by atoms with E-state index < -0.39 is 12.1 Å². The van der Waals surface area contributed by atoms with E-state index in [1.54, 1.807) is 19.1 Å². The van der Waals surface area contributed by atoms with Gasteiger partial charge in [0.15, 0.2) is 0 Å². The van der Waals surface area contributed by atoms with Crippen molar-refractivity contribution in [2.45, 2.75) is 32.4 Å². The van der Waals surface area contributed by atoms with Crippen molar-refractivity contribution in [1.29, 1.82) is 0 Å². The van der Waals surface area contributed by atoms with E-state index in [4.69, 9.17) is 28.9 Å². The molecule has 0 aliphatic rings. The lowest BCUT2D eigenvalue weighted by Crippen LogP contribution is -2.49. The zero-order valence-electron chi connectivity index (χ0n) is 11.2. The van der Waals surface area contributed by atoms with Gasteiger partial charge in [0.05, 0.1) is 0 Å². The van der Waals surface area contributed by atoms with Crippen LogP contribution in [0.1, 0.15) is 19.4 Å². The minimum atomic E-state index is -0.735. The number of benzene rings is 1. The summed E-state index contributed by atoms with van der Waals surface area (Å²) in [6.07, 6.45) is 0.561. The average molecular weight is 318 g/mol. The van der Waals surface area contributed by atoms with Crippen molar-refractivity contribution in [3.05, 3.63) is 33.8 Å². The van der Waals surface area contributed by atoms with Crippen LogP contribution >= 0.6 is 23.2 Å². The first-order valence-electron chi connectivity index (χ1n) is 6.10. The van der Waals surface area contributed by atoms with E-state index in [-0.39, 0.29) is 11.9 Å². The normalized spacial score (nSPS) is 13.4. The molecular weight excluding hydrogens is 301 g/mol. The van der Waals surface area contributed by atoms with Crippen LogP contribution in [0.5, 0.6) is 0 Å². The molecule has 3 amide bonds. The second-order valence-electron chi connectivity index (χ2n) is 4.58. The molecule has 0 radical (unpaired) electrons. The second-order valence-corrected chi connectivity index (χ2v) is 5.42. The molecule has 0 aliphatic carbocycles. The summed E-state index contributed by atoms with van der Waals surface area (Å²) in [6, 6.07) is 3.66. The van der Waals surface area contributed by atoms with Gasteiger partial charge >= 0.3 is 6.03 Å². The maximum absolute atomic E-state index is 11.8. The number of nitrogens with one attached hydrogen (secondary N) is 2. The van der Waals surface area contributed by atoms with E-state index in [0.29, 0.717) is 16.5 Å². The average Bonchev–Trinajstić information content (AvgIpc) is 2.31. The fourth-order valence-corrected chi connectivity index (χ4v) is 2.20. The standard InChI is InChI=1S/C13H17Cl2N3O2/c1-7(17-12(19)8(2)18-13(16)20)5-9-3-4-10(14)6-11(9)15/h3-4,6-8H,5H2,1-2H3,(H,17,19)(H3,16,18,20)/t7-,8-/m1/s1. The Bertz CT molecular complexity index is 508. The Morgan fingerprint density at radius 2 is 1.90 bits per heavy atom. The van der Waals surface area contributed by atoms with E-state index in [0.717, 1.165) is 5.56 Å². The minimum Gasteiger partial charge on any atom is -0.352 e. The van der Waals surface area contributed by atoms with Crippen LogP contribution in [-0.4, -0.2) is 24.0 Å². The Kier molecular flexibility index (Phi) is 6.10. The lowest BCUT2D eigenvalue weighted by molar-refractivity contribution is -0.123. The van der Waals surface area contributed by atoms with Gasteiger partial charge in [0.25, 0.3) is 0 Å². The predicted octanol–water partition coefficient (Wildman–Crippen LogP) is 2.10. The highest BCUT2D eigenvalue weighted by Crippen LogP contribution is 2.22. The molecule has 0 saturated heterocycles. The van der Waals surface area contributed by atoms with Crippen LogP contribution in [0.25, 0.3) is 0 Å². The van der Waals surface area contributed by atoms with Crippen molar-refractivity contribution in [3.8, 4) is 0 Å². The zero-order chi connectivity index (χ0) is 15.3. The molecule has 110 valence electrons. The Labute approximate surface area is 127 Å². The van der Waals surface area contributed by atoms with Gasteiger partial charge in [0.2, 0.25) is 5.91 Å². The number of nitrogens with two attached hydrogens (primary N) is 1. The summed E-state index contributed by atoms with van der Waals surface area (Å²) in [4.78, 5) is 22.5. The maximum Gasteiger partial charge on any atom is 0.312 e. The third-order valence-electron chi connectivity index (χ3n) is 2.68. The van der Waals surface area contributed by atoms with Crippen molar-refractivity contribution in [2.75, 3.05) is 0 Å². The van der Waals surface area contributed by atoms with Gasteiger partial charge in [-0.3, -0.25) is 4.79 Å². The molecule has 0 spiro atoms. The molecule has 0 fully saturated rings. The van der Waals surface area contributed by atoms with Crippen LogP contribution in [0.4, 0.5) is 4.79 Å². The van der Waals surface area contributed by atoms with Gasteiger partial charge in [-0.2, -0.15) is 0 Å². The first-order valence-corrected chi connectivity index (χ1v) is 6.85. The van der Waals surface area contributed by atoms with Crippen molar-refractivity contribution >= 4 is 35.1 Å². The number of hydrogen-bond acceptors (Lipinski definition) is 2. The van der Waals surface area contributed by atoms with Gasteiger partial charge in [0, 0.05) is 16.1 Å². The first-order chi connectivity index (χ1) is 9.29. The summed E-state index contributed by atoms with van der Waals surface area (Å²) in [5, 5.41) is 6.21. The van der Waals surface area contributed by atoms with Crippen molar-refractivity contribution < 1.29 is 9.59 Å². The number of hydrogen-bond donors (Lipinski definition) is 3. The third kappa shape index (κ3) is 5.27. The fourth-order valence-electron chi connectivity index (χ4n) is 1.71. The van der Waals surface area contributed by atoms with Gasteiger partial charge in [-0.05, 0) is 38.0 Å². The molecule has 0 saturated carbocycles. The molecule has 7 heteroatoms. The summed E-state index contributed by atoms with van der Waals surface area (Å²) >= 11 is 11.9. The quantitative estimate of drug-likeness (QED) is 0.777. The number of carbonyl (C=O) groups excluding carboxylic acids is 2.